The van der Waals surface area contributed by atoms with Crippen molar-refractivity contribution in [1.29, 1.82) is 0 Å². The topological polar surface area (TPSA) is 17.8 Å². The van der Waals surface area contributed by atoms with Gasteiger partial charge in [0.1, 0.15) is 0 Å². The molecule has 1 heterocycles. The summed E-state index contributed by atoms with van der Waals surface area (Å²) in [5.74, 6) is 0.674. The highest BCUT2D eigenvalue weighted by Crippen LogP contribution is 2.26. The maximum atomic E-state index is 4.64. The van der Waals surface area contributed by atoms with Crippen LogP contribution in [0.3, 0.4) is 0 Å². The van der Waals surface area contributed by atoms with Crippen LogP contribution in [0.5, 0.6) is 0 Å². The molecular weight excluding hydrogens is 344 g/mol. The van der Waals surface area contributed by atoms with Crippen LogP contribution in [0.25, 0.3) is 0 Å². The van der Waals surface area contributed by atoms with Gasteiger partial charge in [-0.1, -0.05) is 36.7 Å². The number of hydrogen-bond acceptors (Lipinski definition) is 1. The highest BCUT2D eigenvalue weighted by molar-refractivity contribution is 9.10. The molecule has 0 saturated heterocycles. The Morgan fingerprint density at radius 2 is 1.94 bits per heavy atom. The Hall–Kier alpha value is 0.170. The lowest BCUT2D eigenvalue weighted by Gasteiger charge is -2.14. The number of hydrogen-bond donors (Lipinski definition) is 0. The second-order valence-corrected chi connectivity index (χ2v) is 7.06. The van der Waals surface area contributed by atoms with Crippen molar-refractivity contribution >= 4 is 31.9 Å². The van der Waals surface area contributed by atoms with Crippen molar-refractivity contribution in [2.24, 2.45) is 5.92 Å². The SMILES string of the molecule is CCc1nn(CC)c(CC(C)CC(C)Br)c1Br. The fraction of sp³-hybridized carbons (Fsp3) is 0.769. The van der Waals surface area contributed by atoms with Crippen LogP contribution in [0.2, 0.25) is 0 Å². The standard InChI is InChI=1S/C13H22Br2N2/c1-5-11-13(15)12(17(6-2)16-11)8-9(3)7-10(4)14/h9-10H,5-8H2,1-4H3. The van der Waals surface area contributed by atoms with E-state index < -0.39 is 0 Å². The van der Waals surface area contributed by atoms with E-state index in [0.29, 0.717) is 10.7 Å². The second kappa shape index (κ2) is 6.93. The summed E-state index contributed by atoms with van der Waals surface area (Å²) in [6.45, 7) is 9.77. The molecular formula is C13H22Br2N2. The highest BCUT2D eigenvalue weighted by atomic mass is 79.9. The Kier molecular flexibility index (Phi) is 6.21. The zero-order valence-electron chi connectivity index (χ0n) is 11.1. The van der Waals surface area contributed by atoms with Gasteiger partial charge in [0, 0.05) is 11.4 Å². The highest BCUT2D eigenvalue weighted by Gasteiger charge is 2.17. The molecule has 1 aromatic rings. The van der Waals surface area contributed by atoms with E-state index in [1.54, 1.807) is 0 Å². The Balaban J connectivity index is 2.85. The van der Waals surface area contributed by atoms with Gasteiger partial charge in [-0.05, 0) is 48.0 Å². The van der Waals surface area contributed by atoms with Gasteiger partial charge in [-0.2, -0.15) is 5.10 Å². The lowest BCUT2D eigenvalue weighted by Crippen LogP contribution is -2.10. The van der Waals surface area contributed by atoms with Crippen molar-refractivity contribution in [3.05, 3.63) is 15.9 Å². The molecule has 1 rings (SSSR count). The van der Waals surface area contributed by atoms with Crippen LogP contribution in [0.1, 0.15) is 45.5 Å². The Bertz CT molecular complexity index is 359. The third-order valence-corrected chi connectivity index (χ3v) is 4.25. The van der Waals surface area contributed by atoms with Gasteiger partial charge in [-0.15, -0.1) is 0 Å². The van der Waals surface area contributed by atoms with E-state index in [4.69, 9.17) is 0 Å². The molecule has 0 aromatic carbocycles. The predicted octanol–water partition coefficient (Wildman–Crippen LogP) is 4.58. The van der Waals surface area contributed by atoms with Gasteiger partial charge in [0.15, 0.2) is 0 Å². The van der Waals surface area contributed by atoms with E-state index in [-0.39, 0.29) is 0 Å². The van der Waals surface area contributed by atoms with Crippen molar-refractivity contribution < 1.29 is 0 Å². The summed E-state index contributed by atoms with van der Waals surface area (Å²) in [6, 6.07) is 0. The summed E-state index contributed by atoms with van der Waals surface area (Å²) >= 11 is 7.33. The summed E-state index contributed by atoms with van der Waals surface area (Å²) in [6.07, 6.45) is 3.28. The number of aryl methyl sites for hydroxylation is 2. The van der Waals surface area contributed by atoms with Crippen LogP contribution in [-0.4, -0.2) is 14.6 Å². The van der Waals surface area contributed by atoms with E-state index in [0.717, 1.165) is 19.4 Å². The van der Waals surface area contributed by atoms with Crippen LogP contribution in [0, 0.1) is 5.92 Å². The summed E-state index contributed by atoms with van der Waals surface area (Å²) in [7, 11) is 0. The van der Waals surface area contributed by atoms with Crippen LogP contribution >= 0.6 is 31.9 Å². The average Bonchev–Trinajstić information content (AvgIpc) is 2.55. The molecule has 0 fully saturated rings. The fourth-order valence-electron chi connectivity index (χ4n) is 2.18. The minimum absolute atomic E-state index is 0.583. The first-order valence-corrected chi connectivity index (χ1v) is 8.08. The maximum absolute atomic E-state index is 4.64. The lowest BCUT2D eigenvalue weighted by atomic mass is 10.00. The molecule has 98 valence electrons. The van der Waals surface area contributed by atoms with Crippen molar-refractivity contribution in [1.82, 2.24) is 9.78 Å². The molecule has 0 aliphatic carbocycles. The first kappa shape index (κ1) is 15.2. The van der Waals surface area contributed by atoms with Crippen LogP contribution in [0.4, 0.5) is 0 Å². The van der Waals surface area contributed by atoms with Gasteiger partial charge < -0.3 is 0 Å². The molecule has 2 unspecified atom stereocenters. The monoisotopic (exact) mass is 364 g/mol. The second-order valence-electron chi connectivity index (χ2n) is 4.70. The molecule has 17 heavy (non-hydrogen) atoms. The van der Waals surface area contributed by atoms with Gasteiger partial charge in [-0.25, -0.2) is 0 Å². The molecule has 0 spiro atoms. The van der Waals surface area contributed by atoms with E-state index in [9.17, 15) is 0 Å². The van der Waals surface area contributed by atoms with Crippen LogP contribution in [0.15, 0.2) is 4.47 Å². The van der Waals surface area contributed by atoms with Gasteiger partial charge >= 0.3 is 0 Å². The zero-order valence-corrected chi connectivity index (χ0v) is 14.3. The molecule has 0 aliphatic heterocycles. The predicted molar refractivity (Wildman–Crippen MR) is 80.9 cm³/mol. The molecule has 0 N–H and O–H groups in total. The fourth-order valence-corrected chi connectivity index (χ4v) is 3.54. The maximum Gasteiger partial charge on any atom is 0.0766 e. The van der Waals surface area contributed by atoms with Gasteiger partial charge in [0.25, 0.3) is 0 Å². The number of nitrogens with zero attached hydrogens (tertiary/aromatic N) is 2. The molecule has 2 nitrogen and oxygen atoms in total. The van der Waals surface area contributed by atoms with E-state index in [1.807, 2.05) is 0 Å². The summed E-state index contributed by atoms with van der Waals surface area (Å²) < 4.78 is 3.36. The van der Waals surface area contributed by atoms with E-state index in [2.05, 4.69) is 69.3 Å². The Labute approximate surface area is 121 Å². The largest absolute Gasteiger partial charge is 0.268 e. The minimum Gasteiger partial charge on any atom is -0.268 e. The van der Waals surface area contributed by atoms with Crippen molar-refractivity contribution in [3.8, 4) is 0 Å². The number of aromatic nitrogens is 2. The molecule has 4 heteroatoms. The summed E-state index contributed by atoms with van der Waals surface area (Å²) in [4.78, 5) is 0.583. The van der Waals surface area contributed by atoms with Gasteiger partial charge in [-0.3, -0.25) is 4.68 Å². The van der Waals surface area contributed by atoms with Crippen LogP contribution in [-0.2, 0) is 19.4 Å². The van der Waals surface area contributed by atoms with Crippen molar-refractivity contribution in [2.75, 3.05) is 0 Å². The first-order valence-electron chi connectivity index (χ1n) is 6.37. The average molecular weight is 366 g/mol. The number of rotatable bonds is 6. The van der Waals surface area contributed by atoms with E-state index >= 15 is 0 Å². The van der Waals surface area contributed by atoms with Gasteiger partial charge in [0.2, 0.25) is 0 Å². The number of halogens is 2. The third kappa shape index (κ3) is 4.09. The number of alkyl halides is 1. The first-order chi connectivity index (χ1) is 7.99. The minimum atomic E-state index is 0.583. The zero-order chi connectivity index (χ0) is 13.0. The van der Waals surface area contributed by atoms with E-state index in [1.165, 1.54) is 22.3 Å². The normalized spacial score (nSPS) is 14.9. The molecule has 0 amide bonds. The molecule has 2 atom stereocenters. The molecule has 0 radical (unpaired) electrons. The molecule has 0 aliphatic rings. The smallest absolute Gasteiger partial charge is 0.0766 e. The molecule has 0 bridgehead atoms. The summed E-state index contributed by atoms with van der Waals surface area (Å²) in [5.41, 5.74) is 2.53. The lowest BCUT2D eigenvalue weighted by molar-refractivity contribution is 0.498. The molecule has 0 saturated carbocycles. The molecule has 1 aromatic heterocycles. The van der Waals surface area contributed by atoms with Gasteiger partial charge in [0.05, 0.1) is 15.9 Å². The summed E-state index contributed by atoms with van der Waals surface area (Å²) in [5, 5.41) is 4.64. The Morgan fingerprint density at radius 1 is 1.29 bits per heavy atom. The van der Waals surface area contributed by atoms with Crippen LogP contribution < -0.4 is 0 Å². The van der Waals surface area contributed by atoms with Crippen molar-refractivity contribution in [2.45, 2.75) is 58.3 Å². The quantitative estimate of drug-likeness (QED) is 0.674. The Morgan fingerprint density at radius 3 is 2.41 bits per heavy atom. The van der Waals surface area contributed by atoms with Crippen molar-refractivity contribution in [3.63, 3.8) is 0 Å². The third-order valence-electron chi connectivity index (χ3n) is 2.96.